The maximum atomic E-state index is 5.97. The Labute approximate surface area is 105 Å². The van der Waals surface area contributed by atoms with Crippen LogP contribution in [-0.4, -0.2) is 24.8 Å². The summed E-state index contributed by atoms with van der Waals surface area (Å²) in [6.45, 7) is 2.23. The third kappa shape index (κ3) is 2.85. The quantitative estimate of drug-likeness (QED) is 0.810. The van der Waals surface area contributed by atoms with Crippen LogP contribution in [0.15, 0.2) is 0 Å². The molecule has 0 aromatic carbocycles. The number of hydrogen-bond acceptors (Lipinski definition) is 2. The van der Waals surface area contributed by atoms with Gasteiger partial charge in [0, 0.05) is 12.6 Å². The van der Waals surface area contributed by atoms with Crippen molar-refractivity contribution in [3.63, 3.8) is 0 Å². The van der Waals surface area contributed by atoms with E-state index in [2.05, 4.69) is 5.32 Å². The van der Waals surface area contributed by atoms with Crippen LogP contribution >= 0.6 is 0 Å². The summed E-state index contributed by atoms with van der Waals surface area (Å²) in [4.78, 5) is 0. The molecule has 3 rings (SSSR count). The van der Waals surface area contributed by atoms with Crippen molar-refractivity contribution in [2.24, 2.45) is 5.92 Å². The highest BCUT2D eigenvalue weighted by molar-refractivity contribution is 4.96. The van der Waals surface area contributed by atoms with Crippen LogP contribution in [0.4, 0.5) is 0 Å². The van der Waals surface area contributed by atoms with Gasteiger partial charge in [0.15, 0.2) is 0 Å². The average molecular weight is 237 g/mol. The minimum Gasteiger partial charge on any atom is -0.375 e. The Morgan fingerprint density at radius 1 is 1.06 bits per heavy atom. The highest BCUT2D eigenvalue weighted by atomic mass is 16.5. The lowest BCUT2D eigenvalue weighted by Crippen LogP contribution is -2.51. The van der Waals surface area contributed by atoms with Gasteiger partial charge in [-0.05, 0) is 51.0 Å². The van der Waals surface area contributed by atoms with Crippen molar-refractivity contribution in [1.29, 1.82) is 0 Å². The van der Waals surface area contributed by atoms with E-state index >= 15 is 0 Å². The number of hydrogen-bond donors (Lipinski definition) is 1. The fraction of sp³-hybridized carbons (Fsp3) is 1.00. The smallest absolute Gasteiger partial charge is 0.0697 e. The first-order valence-corrected chi connectivity index (χ1v) is 7.74. The zero-order chi connectivity index (χ0) is 11.6. The molecule has 17 heavy (non-hydrogen) atoms. The van der Waals surface area contributed by atoms with Crippen LogP contribution in [0.2, 0.25) is 0 Å². The van der Waals surface area contributed by atoms with Crippen molar-refractivity contribution in [2.45, 2.75) is 75.9 Å². The van der Waals surface area contributed by atoms with Gasteiger partial charge in [-0.1, -0.05) is 25.7 Å². The summed E-state index contributed by atoms with van der Waals surface area (Å²) in [5.74, 6) is 1.03. The largest absolute Gasteiger partial charge is 0.375 e. The van der Waals surface area contributed by atoms with Crippen molar-refractivity contribution in [3.05, 3.63) is 0 Å². The van der Waals surface area contributed by atoms with Crippen molar-refractivity contribution in [3.8, 4) is 0 Å². The van der Waals surface area contributed by atoms with Gasteiger partial charge in [-0.3, -0.25) is 0 Å². The van der Waals surface area contributed by atoms with E-state index in [0.29, 0.717) is 5.60 Å². The number of ether oxygens (including phenoxy) is 1. The van der Waals surface area contributed by atoms with Crippen LogP contribution in [0.1, 0.15) is 64.2 Å². The Morgan fingerprint density at radius 3 is 2.59 bits per heavy atom. The maximum Gasteiger partial charge on any atom is 0.0697 e. The Kier molecular flexibility index (Phi) is 3.72. The molecule has 1 N–H and O–H groups in total. The third-order valence-electron chi connectivity index (χ3n) is 5.22. The van der Waals surface area contributed by atoms with Crippen LogP contribution in [0.25, 0.3) is 0 Å². The van der Waals surface area contributed by atoms with Gasteiger partial charge < -0.3 is 10.1 Å². The molecule has 0 bridgehead atoms. The first-order chi connectivity index (χ1) is 8.36. The molecule has 0 aromatic heterocycles. The standard InChI is InChI=1S/C15H27NO/c1-2-5-13(4-1)6-10-16-14-7-11-17-15(12-14)8-3-9-15/h13-14,16H,1-12H2. The number of rotatable bonds is 4. The predicted octanol–water partition coefficient (Wildman–Crippen LogP) is 3.26. The minimum atomic E-state index is 0.309. The molecule has 0 radical (unpaired) electrons. The fourth-order valence-electron chi connectivity index (χ4n) is 3.91. The summed E-state index contributed by atoms with van der Waals surface area (Å²) in [5, 5.41) is 3.79. The molecule has 1 atom stereocenters. The highest BCUT2D eigenvalue weighted by Crippen LogP contribution is 2.42. The molecule has 98 valence electrons. The lowest BCUT2D eigenvalue weighted by molar-refractivity contribution is -0.135. The zero-order valence-electron chi connectivity index (χ0n) is 11.0. The normalized spacial score (nSPS) is 32.8. The first kappa shape index (κ1) is 12.0. The second-order valence-electron chi connectivity index (χ2n) is 6.47. The van der Waals surface area contributed by atoms with E-state index < -0.39 is 0 Å². The van der Waals surface area contributed by atoms with Crippen molar-refractivity contribution in [2.75, 3.05) is 13.2 Å². The first-order valence-electron chi connectivity index (χ1n) is 7.74. The lowest BCUT2D eigenvalue weighted by Gasteiger charge is -2.47. The van der Waals surface area contributed by atoms with Gasteiger partial charge in [-0.25, -0.2) is 0 Å². The summed E-state index contributed by atoms with van der Waals surface area (Å²) in [7, 11) is 0. The SMILES string of the molecule is C1CCC(CCNC2CCOC3(CCC3)C2)C1. The molecule has 2 nitrogen and oxygen atoms in total. The molecule has 1 unspecified atom stereocenters. The Morgan fingerprint density at radius 2 is 1.88 bits per heavy atom. The van der Waals surface area contributed by atoms with Gasteiger partial charge in [0.05, 0.1) is 5.60 Å². The summed E-state index contributed by atoms with van der Waals surface area (Å²) >= 11 is 0. The van der Waals surface area contributed by atoms with Gasteiger partial charge >= 0.3 is 0 Å². The van der Waals surface area contributed by atoms with Crippen LogP contribution in [0, 0.1) is 5.92 Å². The Balaban J connectivity index is 1.36. The molecule has 1 heterocycles. The number of nitrogens with one attached hydrogen (secondary N) is 1. The average Bonchev–Trinajstić information content (AvgIpc) is 2.80. The molecule has 1 spiro atoms. The van der Waals surface area contributed by atoms with Crippen LogP contribution in [-0.2, 0) is 4.74 Å². The molecule has 2 saturated carbocycles. The van der Waals surface area contributed by atoms with Crippen molar-refractivity contribution >= 4 is 0 Å². The molecule has 2 heteroatoms. The molecule has 0 aromatic rings. The summed E-state index contributed by atoms with van der Waals surface area (Å²) < 4.78 is 5.97. The van der Waals surface area contributed by atoms with Crippen LogP contribution < -0.4 is 5.32 Å². The topological polar surface area (TPSA) is 21.3 Å². The second-order valence-corrected chi connectivity index (χ2v) is 6.47. The summed E-state index contributed by atoms with van der Waals surface area (Å²) in [5.41, 5.74) is 0.309. The van der Waals surface area contributed by atoms with Gasteiger partial charge in [-0.2, -0.15) is 0 Å². The zero-order valence-corrected chi connectivity index (χ0v) is 11.0. The van der Waals surface area contributed by atoms with Gasteiger partial charge in [0.25, 0.3) is 0 Å². The third-order valence-corrected chi connectivity index (χ3v) is 5.22. The monoisotopic (exact) mass is 237 g/mol. The Hall–Kier alpha value is -0.0800. The van der Waals surface area contributed by atoms with E-state index in [1.54, 1.807) is 0 Å². The minimum absolute atomic E-state index is 0.309. The molecule has 3 fully saturated rings. The second kappa shape index (κ2) is 5.27. The van der Waals surface area contributed by atoms with E-state index in [4.69, 9.17) is 4.74 Å². The molecule has 3 aliphatic rings. The predicted molar refractivity (Wildman–Crippen MR) is 70.1 cm³/mol. The highest BCUT2D eigenvalue weighted by Gasteiger charge is 2.42. The molecular formula is C15H27NO. The molecular weight excluding hydrogens is 210 g/mol. The molecule has 2 aliphatic carbocycles. The Bertz CT molecular complexity index is 243. The van der Waals surface area contributed by atoms with Crippen LogP contribution in [0.5, 0.6) is 0 Å². The van der Waals surface area contributed by atoms with E-state index in [1.807, 2.05) is 0 Å². The van der Waals surface area contributed by atoms with Crippen molar-refractivity contribution < 1.29 is 4.74 Å². The molecule has 1 saturated heterocycles. The molecule has 1 aliphatic heterocycles. The van der Waals surface area contributed by atoms with Gasteiger partial charge in [-0.15, -0.1) is 0 Å². The van der Waals surface area contributed by atoms with E-state index in [0.717, 1.165) is 18.6 Å². The summed E-state index contributed by atoms with van der Waals surface area (Å²) in [6.07, 6.45) is 13.8. The van der Waals surface area contributed by atoms with Crippen LogP contribution in [0.3, 0.4) is 0 Å². The fourth-order valence-corrected chi connectivity index (χ4v) is 3.91. The maximum absolute atomic E-state index is 5.97. The van der Waals surface area contributed by atoms with Gasteiger partial charge in [0.2, 0.25) is 0 Å². The van der Waals surface area contributed by atoms with E-state index in [9.17, 15) is 0 Å². The lowest BCUT2D eigenvalue weighted by atomic mass is 9.74. The van der Waals surface area contributed by atoms with Crippen molar-refractivity contribution in [1.82, 2.24) is 5.32 Å². The van der Waals surface area contributed by atoms with E-state index in [1.165, 1.54) is 70.8 Å². The van der Waals surface area contributed by atoms with E-state index in [-0.39, 0.29) is 0 Å². The van der Waals surface area contributed by atoms with Gasteiger partial charge in [0.1, 0.15) is 0 Å². The molecule has 0 amide bonds. The summed E-state index contributed by atoms with van der Waals surface area (Å²) in [6, 6.07) is 0.741.